The van der Waals surface area contributed by atoms with Gasteiger partial charge >= 0.3 is 0 Å². The highest BCUT2D eigenvalue weighted by atomic mass is 32.1. The molecule has 0 atom stereocenters. The summed E-state index contributed by atoms with van der Waals surface area (Å²) in [6.45, 7) is 5.20. The van der Waals surface area contributed by atoms with E-state index in [0.717, 1.165) is 18.1 Å². The van der Waals surface area contributed by atoms with Crippen LogP contribution in [0.15, 0.2) is 48.0 Å². The smallest absolute Gasteiger partial charge is 0.137 e. The zero-order valence-electron chi connectivity index (χ0n) is 12.3. The second-order valence-electron chi connectivity index (χ2n) is 5.43. The summed E-state index contributed by atoms with van der Waals surface area (Å²) < 4.78 is 1.28. The second-order valence-corrected chi connectivity index (χ2v) is 6.38. The fourth-order valence-electron chi connectivity index (χ4n) is 2.50. The Morgan fingerprint density at radius 3 is 2.86 bits per heavy atom. The van der Waals surface area contributed by atoms with Crippen molar-refractivity contribution in [3.63, 3.8) is 0 Å². The van der Waals surface area contributed by atoms with Crippen LogP contribution in [0.5, 0.6) is 0 Å². The molecule has 0 amide bonds. The van der Waals surface area contributed by atoms with E-state index < -0.39 is 0 Å². The highest BCUT2D eigenvalue weighted by molar-refractivity contribution is 7.17. The number of nitrogen functional groups attached to an aromatic ring is 1. The average Bonchev–Trinajstić information content (AvgIpc) is 2.93. The van der Waals surface area contributed by atoms with Crippen LogP contribution in [0, 0.1) is 0 Å². The molecule has 0 bridgehead atoms. The predicted octanol–water partition coefficient (Wildman–Crippen LogP) is 4.29. The van der Waals surface area contributed by atoms with Gasteiger partial charge in [-0.3, -0.25) is 0 Å². The minimum absolute atomic E-state index is 0.365. The molecule has 0 aliphatic carbocycles. The lowest BCUT2D eigenvalue weighted by atomic mass is 10.1. The van der Waals surface area contributed by atoms with Gasteiger partial charge in [0.25, 0.3) is 0 Å². The Morgan fingerprint density at radius 2 is 2.10 bits per heavy atom. The molecule has 2 heterocycles. The zero-order valence-corrected chi connectivity index (χ0v) is 13.1. The molecule has 3 aromatic rings. The number of anilines is 2. The predicted molar refractivity (Wildman–Crippen MR) is 91.8 cm³/mol. The van der Waals surface area contributed by atoms with E-state index in [1.165, 1.54) is 15.6 Å². The molecule has 0 saturated carbocycles. The fourth-order valence-corrected chi connectivity index (χ4v) is 3.28. The normalized spacial score (nSPS) is 11.2. The van der Waals surface area contributed by atoms with Gasteiger partial charge in [-0.2, -0.15) is 0 Å². The van der Waals surface area contributed by atoms with Gasteiger partial charge in [0, 0.05) is 34.6 Å². The molecule has 0 unspecified atom stereocenters. The number of nitrogens with zero attached hydrogens (tertiary/aromatic N) is 2. The molecule has 0 fully saturated rings. The Bertz CT molecular complexity index is 748. The summed E-state index contributed by atoms with van der Waals surface area (Å²) in [5, 5.41) is 3.34. The molecule has 1 aromatic carbocycles. The maximum Gasteiger partial charge on any atom is 0.137 e. The first kappa shape index (κ1) is 13.9. The molecular formula is C17H19N3S. The Kier molecular flexibility index (Phi) is 3.80. The number of aromatic nitrogens is 1. The SMILES string of the molecule is CC(C)N(Cc1cccc(N)c1)c1nccc2sccc12. The first-order valence-corrected chi connectivity index (χ1v) is 7.96. The third-order valence-corrected chi connectivity index (χ3v) is 4.44. The molecule has 0 spiro atoms. The molecule has 0 aliphatic rings. The van der Waals surface area contributed by atoms with Gasteiger partial charge in [0.1, 0.15) is 5.82 Å². The van der Waals surface area contributed by atoms with Crippen LogP contribution in [0.1, 0.15) is 19.4 Å². The van der Waals surface area contributed by atoms with Crippen molar-refractivity contribution in [2.75, 3.05) is 10.6 Å². The Balaban J connectivity index is 2.00. The number of benzene rings is 1. The van der Waals surface area contributed by atoms with Gasteiger partial charge in [0.2, 0.25) is 0 Å². The minimum Gasteiger partial charge on any atom is -0.399 e. The number of thiophene rings is 1. The van der Waals surface area contributed by atoms with Crippen molar-refractivity contribution in [2.45, 2.75) is 26.4 Å². The molecule has 0 radical (unpaired) electrons. The maximum absolute atomic E-state index is 5.89. The summed E-state index contributed by atoms with van der Waals surface area (Å²) in [4.78, 5) is 6.94. The largest absolute Gasteiger partial charge is 0.399 e. The first-order valence-electron chi connectivity index (χ1n) is 7.08. The van der Waals surface area contributed by atoms with Crippen LogP contribution in [0.2, 0.25) is 0 Å². The molecule has 3 rings (SSSR count). The number of nitrogens with two attached hydrogens (primary N) is 1. The third-order valence-electron chi connectivity index (χ3n) is 3.56. The van der Waals surface area contributed by atoms with Gasteiger partial charge in [-0.05, 0) is 49.1 Å². The van der Waals surface area contributed by atoms with Crippen molar-refractivity contribution >= 4 is 32.9 Å². The van der Waals surface area contributed by atoms with Crippen molar-refractivity contribution in [2.24, 2.45) is 0 Å². The number of pyridine rings is 1. The van der Waals surface area contributed by atoms with Crippen LogP contribution in [0.3, 0.4) is 0 Å². The van der Waals surface area contributed by atoms with E-state index in [2.05, 4.69) is 47.3 Å². The molecule has 3 nitrogen and oxygen atoms in total. The Labute approximate surface area is 129 Å². The standard InChI is InChI=1S/C17H19N3S/c1-12(2)20(11-13-4-3-5-14(18)10-13)17-15-7-9-21-16(15)6-8-19-17/h3-10,12H,11,18H2,1-2H3. The van der Waals surface area contributed by atoms with Gasteiger partial charge < -0.3 is 10.6 Å². The lowest BCUT2D eigenvalue weighted by Gasteiger charge is -2.28. The van der Waals surface area contributed by atoms with Gasteiger partial charge in [0.15, 0.2) is 0 Å². The van der Waals surface area contributed by atoms with Gasteiger partial charge in [-0.1, -0.05) is 12.1 Å². The van der Waals surface area contributed by atoms with E-state index in [-0.39, 0.29) is 0 Å². The summed E-state index contributed by atoms with van der Waals surface area (Å²) in [7, 11) is 0. The lowest BCUT2D eigenvalue weighted by molar-refractivity contribution is 0.676. The van der Waals surface area contributed by atoms with Crippen molar-refractivity contribution < 1.29 is 0 Å². The topological polar surface area (TPSA) is 42.1 Å². The Morgan fingerprint density at radius 1 is 1.24 bits per heavy atom. The quantitative estimate of drug-likeness (QED) is 0.730. The van der Waals surface area contributed by atoms with Crippen LogP contribution >= 0.6 is 11.3 Å². The van der Waals surface area contributed by atoms with Crippen molar-refractivity contribution in [3.8, 4) is 0 Å². The van der Waals surface area contributed by atoms with Crippen LogP contribution < -0.4 is 10.6 Å². The van der Waals surface area contributed by atoms with Crippen LogP contribution in [-0.4, -0.2) is 11.0 Å². The van der Waals surface area contributed by atoms with Gasteiger partial charge in [0.05, 0.1) is 0 Å². The number of hydrogen-bond acceptors (Lipinski definition) is 4. The summed E-state index contributed by atoms with van der Waals surface area (Å²) >= 11 is 1.75. The van der Waals surface area contributed by atoms with E-state index in [1.807, 2.05) is 24.4 Å². The van der Waals surface area contributed by atoms with E-state index in [1.54, 1.807) is 11.3 Å². The number of fused-ring (bicyclic) bond motifs is 1. The van der Waals surface area contributed by atoms with E-state index in [4.69, 9.17) is 5.73 Å². The lowest BCUT2D eigenvalue weighted by Crippen LogP contribution is -2.31. The van der Waals surface area contributed by atoms with Crippen LogP contribution in [-0.2, 0) is 6.54 Å². The van der Waals surface area contributed by atoms with Crippen LogP contribution in [0.4, 0.5) is 11.5 Å². The molecule has 108 valence electrons. The molecule has 4 heteroatoms. The summed E-state index contributed by atoms with van der Waals surface area (Å²) in [6, 6.07) is 12.6. The van der Waals surface area contributed by atoms with Crippen molar-refractivity contribution in [1.82, 2.24) is 4.98 Å². The van der Waals surface area contributed by atoms with E-state index in [0.29, 0.717) is 6.04 Å². The van der Waals surface area contributed by atoms with Crippen LogP contribution in [0.25, 0.3) is 10.1 Å². The zero-order chi connectivity index (χ0) is 14.8. The molecule has 2 aromatic heterocycles. The fraction of sp³-hybridized carbons (Fsp3) is 0.235. The maximum atomic E-state index is 5.89. The summed E-state index contributed by atoms with van der Waals surface area (Å²) in [5.74, 6) is 1.05. The highest BCUT2D eigenvalue weighted by Crippen LogP contribution is 2.30. The van der Waals surface area contributed by atoms with Crippen molar-refractivity contribution in [3.05, 3.63) is 53.5 Å². The molecule has 0 aliphatic heterocycles. The minimum atomic E-state index is 0.365. The first-order chi connectivity index (χ1) is 10.1. The van der Waals surface area contributed by atoms with Gasteiger partial charge in [-0.25, -0.2) is 4.98 Å². The highest BCUT2D eigenvalue weighted by Gasteiger charge is 2.16. The second kappa shape index (κ2) is 5.74. The molecule has 21 heavy (non-hydrogen) atoms. The molecular weight excluding hydrogens is 278 g/mol. The third kappa shape index (κ3) is 2.85. The number of rotatable bonds is 4. The summed E-state index contributed by atoms with van der Waals surface area (Å²) in [5.41, 5.74) is 7.90. The molecule has 0 saturated heterocycles. The Hall–Kier alpha value is -2.07. The molecule has 2 N–H and O–H groups in total. The van der Waals surface area contributed by atoms with E-state index in [9.17, 15) is 0 Å². The van der Waals surface area contributed by atoms with Gasteiger partial charge in [-0.15, -0.1) is 11.3 Å². The van der Waals surface area contributed by atoms with Crippen molar-refractivity contribution in [1.29, 1.82) is 0 Å². The summed E-state index contributed by atoms with van der Waals surface area (Å²) in [6.07, 6.45) is 1.89. The average molecular weight is 297 g/mol. The number of hydrogen-bond donors (Lipinski definition) is 1. The van der Waals surface area contributed by atoms with E-state index >= 15 is 0 Å². The monoisotopic (exact) mass is 297 g/mol.